The number of piperidine rings is 1. The van der Waals surface area contributed by atoms with Gasteiger partial charge in [0.05, 0.1) is 12.5 Å². The molecule has 3 nitrogen and oxygen atoms in total. The second kappa shape index (κ2) is 6.71. The molecule has 1 fully saturated rings. The predicted molar refractivity (Wildman–Crippen MR) is 76.1 cm³/mol. The lowest BCUT2D eigenvalue weighted by molar-refractivity contribution is -0.146. The van der Waals surface area contributed by atoms with Gasteiger partial charge in [0.25, 0.3) is 0 Å². The van der Waals surface area contributed by atoms with E-state index < -0.39 is 0 Å². The first-order valence-electron chi connectivity index (χ1n) is 7.16. The van der Waals surface area contributed by atoms with Crippen molar-refractivity contribution in [2.45, 2.75) is 32.6 Å². The molecular formula is C16H23NO2. The van der Waals surface area contributed by atoms with Gasteiger partial charge in [-0.1, -0.05) is 29.8 Å². The fourth-order valence-corrected chi connectivity index (χ4v) is 2.78. The van der Waals surface area contributed by atoms with Crippen molar-refractivity contribution in [2.75, 3.05) is 19.7 Å². The molecule has 1 aromatic rings. The minimum atomic E-state index is -0.109. The van der Waals surface area contributed by atoms with E-state index in [4.69, 9.17) is 4.74 Å². The molecule has 0 aromatic heterocycles. The third-order valence-corrected chi connectivity index (χ3v) is 3.83. The molecule has 0 amide bonds. The zero-order valence-electron chi connectivity index (χ0n) is 11.8. The maximum atomic E-state index is 12.3. The summed E-state index contributed by atoms with van der Waals surface area (Å²) in [5.41, 5.74) is 2.31. The summed E-state index contributed by atoms with van der Waals surface area (Å²) in [6, 6.07) is 8.28. The van der Waals surface area contributed by atoms with E-state index in [9.17, 15) is 4.79 Å². The highest BCUT2D eigenvalue weighted by molar-refractivity contribution is 5.78. The average Bonchev–Trinajstić information content (AvgIpc) is 2.43. The highest BCUT2D eigenvalue weighted by Gasteiger charge is 2.31. The molecule has 1 aliphatic heterocycles. The van der Waals surface area contributed by atoms with Crippen LogP contribution in [0.25, 0.3) is 0 Å². The Morgan fingerprint density at radius 3 is 2.53 bits per heavy atom. The van der Waals surface area contributed by atoms with Gasteiger partial charge in [-0.05, 0) is 51.3 Å². The summed E-state index contributed by atoms with van der Waals surface area (Å²) < 4.78 is 5.28. The molecule has 1 unspecified atom stereocenters. The highest BCUT2D eigenvalue weighted by atomic mass is 16.5. The van der Waals surface area contributed by atoms with Gasteiger partial charge >= 0.3 is 5.97 Å². The number of rotatable bonds is 4. The first-order chi connectivity index (χ1) is 9.22. The number of esters is 1. The minimum Gasteiger partial charge on any atom is -0.466 e. The van der Waals surface area contributed by atoms with Crippen LogP contribution in [-0.2, 0) is 9.53 Å². The zero-order valence-corrected chi connectivity index (χ0v) is 11.8. The van der Waals surface area contributed by atoms with E-state index in [0.29, 0.717) is 12.5 Å². The van der Waals surface area contributed by atoms with Crippen LogP contribution in [0.15, 0.2) is 24.3 Å². The first kappa shape index (κ1) is 14.1. The molecule has 1 aromatic carbocycles. The number of benzene rings is 1. The molecule has 0 saturated carbocycles. The van der Waals surface area contributed by atoms with Gasteiger partial charge < -0.3 is 10.1 Å². The standard InChI is InChI=1S/C16H23NO2/c1-3-19-16(18)15(14-8-10-17-11-9-14)13-6-4-12(2)5-7-13/h4-7,14-15,17H,3,8-11H2,1-2H3. The van der Waals surface area contributed by atoms with Crippen LogP contribution in [0.3, 0.4) is 0 Å². The van der Waals surface area contributed by atoms with Crippen LogP contribution < -0.4 is 5.32 Å². The van der Waals surface area contributed by atoms with Gasteiger partial charge in [0.1, 0.15) is 0 Å². The molecule has 19 heavy (non-hydrogen) atoms. The molecule has 0 spiro atoms. The summed E-state index contributed by atoms with van der Waals surface area (Å²) >= 11 is 0. The Morgan fingerprint density at radius 2 is 1.95 bits per heavy atom. The highest BCUT2D eigenvalue weighted by Crippen LogP contribution is 2.32. The van der Waals surface area contributed by atoms with Crippen LogP contribution in [0.2, 0.25) is 0 Å². The number of hydrogen-bond donors (Lipinski definition) is 1. The fraction of sp³-hybridized carbons (Fsp3) is 0.562. The summed E-state index contributed by atoms with van der Waals surface area (Å²) in [7, 11) is 0. The molecule has 0 bridgehead atoms. The lowest BCUT2D eigenvalue weighted by Crippen LogP contribution is -2.34. The van der Waals surface area contributed by atoms with Gasteiger partial charge in [0.15, 0.2) is 0 Å². The second-order valence-corrected chi connectivity index (χ2v) is 5.23. The maximum Gasteiger partial charge on any atom is 0.313 e. The Morgan fingerprint density at radius 1 is 1.32 bits per heavy atom. The predicted octanol–water partition coefficient (Wildman–Crippen LogP) is 2.64. The summed E-state index contributed by atoms with van der Waals surface area (Å²) in [5, 5.41) is 3.35. The van der Waals surface area contributed by atoms with E-state index in [-0.39, 0.29) is 11.9 Å². The Bertz CT molecular complexity index is 407. The molecule has 104 valence electrons. The monoisotopic (exact) mass is 261 g/mol. The second-order valence-electron chi connectivity index (χ2n) is 5.23. The van der Waals surface area contributed by atoms with Gasteiger partial charge in [-0.2, -0.15) is 0 Å². The van der Waals surface area contributed by atoms with Crippen LogP contribution in [0, 0.1) is 12.8 Å². The number of nitrogens with one attached hydrogen (secondary N) is 1. The quantitative estimate of drug-likeness (QED) is 0.847. The summed E-state index contributed by atoms with van der Waals surface area (Å²) in [6.07, 6.45) is 2.08. The van der Waals surface area contributed by atoms with Gasteiger partial charge in [0, 0.05) is 0 Å². The average molecular weight is 261 g/mol. The Balaban J connectivity index is 2.22. The van der Waals surface area contributed by atoms with Crippen LogP contribution in [0.5, 0.6) is 0 Å². The summed E-state index contributed by atoms with van der Waals surface area (Å²) in [5.74, 6) is 0.212. The third kappa shape index (κ3) is 3.57. The summed E-state index contributed by atoms with van der Waals surface area (Å²) in [4.78, 5) is 12.3. The zero-order chi connectivity index (χ0) is 13.7. The van der Waals surface area contributed by atoms with Crippen LogP contribution in [0.1, 0.15) is 36.8 Å². The van der Waals surface area contributed by atoms with Crippen LogP contribution >= 0.6 is 0 Å². The number of carbonyl (C=O) groups excluding carboxylic acids is 1. The van der Waals surface area contributed by atoms with E-state index in [1.165, 1.54) is 5.56 Å². The fourth-order valence-electron chi connectivity index (χ4n) is 2.78. The molecule has 1 saturated heterocycles. The van der Waals surface area contributed by atoms with E-state index in [2.05, 4.69) is 36.5 Å². The van der Waals surface area contributed by atoms with Crippen molar-refractivity contribution in [2.24, 2.45) is 5.92 Å². The van der Waals surface area contributed by atoms with Crippen molar-refractivity contribution in [3.8, 4) is 0 Å². The molecule has 2 rings (SSSR count). The van der Waals surface area contributed by atoms with Gasteiger partial charge in [-0.15, -0.1) is 0 Å². The number of hydrogen-bond acceptors (Lipinski definition) is 3. The van der Waals surface area contributed by atoms with E-state index in [1.807, 2.05) is 6.92 Å². The van der Waals surface area contributed by atoms with Crippen molar-refractivity contribution >= 4 is 5.97 Å². The summed E-state index contributed by atoms with van der Waals surface area (Å²) in [6.45, 7) is 6.37. The first-order valence-corrected chi connectivity index (χ1v) is 7.16. The lowest BCUT2D eigenvalue weighted by Gasteiger charge is -2.29. The topological polar surface area (TPSA) is 38.3 Å². The molecular weight excluding hydrogens is 238 g/mol. The van der Waals surface area contributed by atoms with Crippen molar-refractivity contribution in [3.05, 3.63) is 35.4 Å². The Kier molecular flexibility index (Phi) is 4.97. The molecule has 1 atom stereocenters. The molecule has 0 aliphatic carbocycles. The number of ether oxygens (including phenoxy) is 1. The SMILES string of the molecule is CCOC(=O)C(c1ccc(C)cc1)C1CCNCC1. The molecule has 1 N–H and O–H groups in total. The number of carbonyl (C=O) groups is 1. The largest absolute Gasteiger partial charge is 0.466 e. The lowest BCUT2D eigenvalue weighted by atomic mass is 9.80. The van der Waals surface area contributed by atoms with Gasteiger partial charge in [0.2, 0.25) is 0 Å². The number of aryl methyl sites for hydroxylation is 1. The van der Waals surface area contributed by atoms with Crippen molar-refractivity contribution in [3.63, 3.8) is 0 Å². The Hall–Kier alpha value is -1.35. The van der Waals surface area contributed by atoms with Crippen molar-refractivity contribution in [1.29, 1.82) is 0 Å². The van der Waals surface area contributed by atoms with Crippen molar-refractivity contribution in [1.82, 2.24) is 5.32 Å². The van der Waals surface area contributed by atoms with Crippen LogP contribution in [-0.4, -0.2) is 25.7 Å². The van der Waals surface area contributed by atoms with Crippen molar-refractivity contribution < 1.29 is 9.53 Å². The van der Waals surface area contributed by atoms with E-state index >= 15 is 0 Å². The van der Waals surface area contributed by atoms with Gasteiger partial charge in [-0.25, -0.2) is 0 Å². The molecule has 3 heteroatoms. The normalized spacial score (nSPS) is 18.0. The Labute approximate surface area is 115 Å². The molecule has 1 heterocycles. The van der Waals surface area contributed by atoms with E-state index in [1.54, 1.807) is 0 Å². The molecule has 1 aliphatic rings. The van der Waals surface area contributed by atoms with Gasteiger partial charge in [-0.3, -0.25) is 4.79 Å². The maximum absolute atomic E-state index is 12.3. The molecule has 0 radical (unpaired) electrons. The minimum absolute atomic E-state index is 0.0711. The van der Waals surface area contributed by atoms with E-state index in [0.717, 1.165) is 31.5 Å². The van der Waals surface area contributed by atoms with Crippen LogP contribution in [0.4, 0.5) is 0 Å². The third-order valence-electron chi connectivity index (χ3n) is 3.83. The smallest absolute Gasteiger partial charge is 0.313 e.